The van der Waals surface area contributed by atoms with Crippen molar-refractivity contribution in [2.75, 3.05) is 0 Å². The van der Waals surface area contributed by atoms with E-state index in [1.54, 1.807) is 16.8 Å². The summed E-state index contributed by atoms with van der Waals surface area (Å²) in [4.78, 5) is 8.79. The number of halogens is 3. The average Bonchev–Trinajstić information content (AvgIpc) is 2.70. The minimum Gasteiger partial charge on any atom is -0.230 e. The molecule has 2 heterocycles. The van der Waals surface area contributed by atoms with Gasteiger partial charge in [-0.2, -0.15) is 5.10 Å². The van der Waals surface area contributed by atoms with Crippen LogP contribution in [-0.4, -0.2) is 19.7 Å². The summed E-state index contributed by atoms with van der Waals surface area (Å²) in [5, 5.41) is 5.47. The Morgan fingerprint density at radius 1 is 0.900 bits per heavy atom. The molecular weight excluding hydrogens is 319 g/mol. The first-order valence-corrected chi connectivity index (χ1v) is 6.95. The summed E-state index contributed by atoms with van der Waals surface area (Å²) in [6.07, 6.45) is 0. The molecule has 0 atom stereocenters. The Labute approximate surface area is 130 Å². The van der Waals surface area contributed by atoms with Gasteiger partial charge in [0.25, 0.3) is 0 Å². The number of aryl methyl sites for hydroxylation is 2. The lowest BCUT2D eigenvalue weighted by molar-refractivity contribution is 0.806. The molecule has 0 spiro atoms. The second-order valence-corrected chi connectivity index (χ2v) is 5.60. The highest BCUT2D eigenvalue weighted by molar-refractivity contribution is 6.42. The Kier molecular flexibility index (Phi) is 3.32. The van der Waals surface area contributed by atoms with Gasteiger partial charge in [0.2, 0.25) is 0 Å². The van der Waals surface area contributed by atoms with E-state index >= 15 is 0 Å². The summed E-state index contributed by atoms with van der Waals surface area (Å²) in [6.45, 7) is 3.83. The second kappa shape index (κ2) is 4.88. The van der Waals surface area contributed by atoms with Crippen molar-refractivity contribution in [3.05, 3.63) is 44.8 Å². The molecule has 0 N–H and O–H groups in total. The summed E-state index contributed by atoms with van der Waals surface area (Å²) in [6, 6.07) is 5.25. The first kappa shape index (κ1) is 13.6. The van der Waals surface area contributed by atoms with Crippen LogP contribution in [0.3, 0.4) is 0 Å². The molecule has 20 heavy (non-hydrogen) atoms. The molecule has 3 rings (SSSR count). The van der Waals surface area contributed by atoms with Gasteiger partial charge in [0, 0.05) is 5.69 Å². The fourth-order valence-electron chi connectivity index (χ4n) is 2.00. The number of hydrogen-bond acceptors (Lipinski definition) is 3. The minimum atomic E-state index is 0.266. The summed E-state index contributed by atoms with van der Waals surface area (Å²) >= 11 is 18.2. The van der Waals surface area contributed by atoms with E-state index in [0.717, 1.165) is 11.4 Å². The predicted octanol–water partition coefficient (Wildman–Crippen LogP) is 4.39. The van der Waals surface area contributed by atoms with Gasteiger partial charge in [-0.1, -0.05) is 34.8 Å². The number of fused-ring (bicyclic) bond motifs is 1. The molecule has 0 fully saturated rings. The van der Waals surface area contributed by atoms with Crippen molar-refractivity contribution in [2.24, 2.45) is 0 Å². The zero-order valence-electron chi connectivity index (χ0n) is 10.7. The minimum absolute atomic E-state index is 0.266. The van der Waals surface area contributed by atoms with Crippen molar-refractivity contribution >= 4 is 45.8 Å². The predicted molar refractivity (Wildman–Crippen MR) is 81.2 cm³/mol. The third kappa shape index (κ3) is 2.24. The largest absolute Gasteiger partial charge is 0.230 e. The standard InChI is InChI=1S/C13H9Cl3N4/c1-6-3-7(2)20(19-6)13-12(16)17-10-4-8(14)9(15)5-11(10)18-13/h3-5H,1-2H3. The van der Waals surface area contributed by atoms with E-state index in [2.05, 4.69) is 15.1 Å². The molecule has 0 aliphatic heterocycles. The van der Waals surface area contributed by atoms with E-state index in [1.165, 1.54) is 0 Å². The smallest absolute Gasteiger partial charge is 0.192 e. The molecule has 2 aromatic heterocycles. The van der Waals surface area contributed by atoms with Gasteiger partial charge in [-0.25, -0.2) is 14.6 Å². The molecule has 0 bridgehead atoms. The first-order chi connectivity index (χ1) is 9.45. The second-order valence-electron chi connectivity index (χ2n) is 4.43. The molecule has 1 aromatic carbocycles. The summed E-state index contributed by atoms with van der Waals surface area (Å²) in [5.74, 6) is 0.475. The highest BCUT2D eigenvalue weighted by atomic mass is 35.5. The quantitative estimate of drug-likeness (QED) is 0.665. The molecule has 0 radical (unpaired) electrons. The molecule has 4 nitrogen and oxygen atoms in total. The molecule has 0 unspecified atom stereocenters. The van der Waals surface area contributed by atoms with E-state index in [0.29, 0.717) is 26.9 Å². The Hall–Kier alpha value is -1.36. The number of benzene rings is 1. The zero-order chi connectivity index (χ0) is 14.4. The zero-order valence-corrected chi connectivity index (χ0v) is 12.9. The van der Waals surface area contributed by atoms with Crippen molar-refractivity contribution in [1.82, 2.24) is 19.7 Å². The van der Waals surface area contributed by atoms with Crippen LogP contribution in [0.25, 0.3) is 16.9 Å². The molecule has 7 heteroatoms. The Morgan fingerprint density at radius 3 is 2.05 bits per heavy atom. The molecular formula is C13H9Cl3N4. The summed E-state index contributed by atoms with van der Waals surface area (Å²) < 4.78 is 1.66. The summed E-state index contributed by atoms with van der Waals surface area (Å²) in [5.41, 5.74) is 3.02. The highest BCUT2D eigenvalue weighted by Gasteiger charge is 2.13. The lowest BCUT2D eigenvalue weighted by Gasteiger charge is -2.07. The average molecular weight is 328 g/mol. The monoisotopic (exact) mass is 326 g/mol. The number of nitrogens with zero attached hydrogens (tertiary/aromatic N) is 4. The van der Waals surface area contributed by atoms with Crippen LogP contribution in [0.15, 0.2) is 18.2 Å². The van der Waals surface area contributed by atoms with Crippen LogP contribution in [0, 0.1) is 13.8 Å². The lowest BCUT2D eigenvalue weighted by atomic mass is 10.3. The number of rotatable bonds is 1. The maximum Gasteiger partial charge on any atom is 0.192 e. The van der Waals surface area contributed by atoms with Gasteiger partial charge in [0.05, 0.1) is 26.8 Å². The molecule has 3 aromatic rings. The third-order valence-electron chi connectivity index (χ3n) is 2.86. The Bertz CT molecular complexity index is 826. The third-order valence-corrected chi connectivity index (χ3v) is 3.83. The van der Waals surface area contributed by atoms with E-state index in [4.69, 9.17) is 34.8 Å². The van der Waals surface area contributed by atoms with Crippen LogP contribution in [0.1, 0.15) is 11.4 Å². The van der Waals surface area contributed by atoms with E-state index in [1.807, 2.05) is 19.9 Å². The van der Waals surface area contributed by atoms with Crippen LogP contribution in [0.5, 0.6) is 0 Å². The van der Waals surface area contributed by atoms with Crippen LogP contribution in [-0.2, 0) is 0 Å². The number of aromatic nitrogens is 4. The van der Waals surface area contributed by atoms with Crippen molar-refractivity contribution < 1.29 is 0 Å². The normalized spacial score (nSPS) is 11.2. The van der Waals surface area contributed by atoms with Crippen molar-refractivity contribution in [2.45, 2.75) is 13.8 Å². The Balaban J connectivity index is 2.29. The summed E-state index contributed by atoms with van der Waals surface area (Å²) in [7, 11) is 0. The maximum absolute atomic E-state index is 6.20. The van der Waals surface area contributed by atoms with Gasteiger partial charge in [0.15, 0.2) is 11.0 Å². The lowest BCUT2D eigenvalue weighted by Crippen LogP contribution is -2.04. The van der Waals surface area contributed by atoms with Crippen molar-refractivity contribution in [3.63, 3.8) is 0 Å². The van der Waals surface area contributed by atoms with Crippen molar-refractivity contribution in [1.29, 1.82) is 0 Å². The fourth-order valence-corrected chi connectivity index (χ4v) is 2.53. The van der Waals surface area contributed by atoms with Crippen LogP contribution >= 0.6 is 34.8 Å². The van der Waals surface area contributed by atoms with Gasteiger partial charge < -0.3 is 0 Å². The number of hydrogen-bond donors (Lipinski definition) is 0. The van der Waals surface area contributed by atoms with Gasteiger partial charge in [0.1, 0.15) is 0 Å². The topological polar surface area (TPSA) is 43.6 Å². The maximum atomic E-state index is 6.20. The highest BCUT2D eigenvalue weighted by Crippen LogP contribution is 2.28. The molecule has 0 saturated heterocycles. The van der Waals surface area contributed by atoms with Crippen LogP contribution in [0.2, 0.25) is 15.2 Å². The SMILES string of the molecule is Cc1cc(C)n(-c2nc3cc(Cl)c(Cl)cc3nc2Cl)n1. The molecule has 0 amide bonds. The fraction of sp³-hybridized carbons (Fsp3) is 0.154. The van der Waals surface area contributed by atoms with Crippen LogP contribution < -0.4 is 0 Å². The van der Waals surface area contributed by atoms with Crippen LogP contribution in [0.4, 0.5) is 0 Å². The molecule has 0 saturated carbocycles. The molecule has 0 aliphatic carbocycles. The Morgan fingerprint density at radius 2 is 1.50 bits per heavy atom. The van der Waals surface area contributed by atoms with E-state index < -0.39 is 0 Å². The van der Waals surface area contributed by atoms with Gasteiger partial charge >= 0.3 is 0 Å². The first-order valence-electron chi connectivity index (χ1n) is 5.81. The van der Waals surface area contributed by atoms with E-state index in [9.17, 15) is 0 Å². The van der Waals surface area contributed by atoms with Gasteiger partial charge in [-0.15, -0.1) is 0 Å². The van der Waals surface area contributed by atoms with Gasteiger partial charge in [-0.3, -0.25) is 0 Å². The molecule has 0 aliphatic rings. The van der Waals surface area contributed by atoms with Crippen molar-refractivity contribution in [3.8, 4) is 5.82 Å². The van der Waals surface area contributed by atoms with Gasteiger partial charge in [-0.05, 0) is 32.0 Å². The van der Waals surface area contributed by atoms with E-state index in [-0.39, 0.29) is 5.15 Å². The molecule has 102 valence electrons.